The highest BCUT2D eigenvalue weighted by Gasteiger charge is 2.18. The van der Waals surface area contributed by atoms with E-state index in [1.807, 2.05) is 0 Å². The van der Waals surface area contributed by atoms with Gasteiger partial charge in [0.15, 0.2) is 0 Å². The third kappa shape index (κ3) is 4.84. The fraction of sp³-hybridized carbons (Fsp3) is 1.00. The summed E-state index contributed by atoms with van der Waals surface area (Å²) in [6.07, 6.45) is 5.34. The molecular weight excluding hydrogens is 196 g/mol. The third-order valence-electron chi connectivity index (χ3n) is 3.86. The molecule has 1 aliphatic rings. The normalized spacial score (nSPS) is 25.7. The summed E-state index contributed by atoms with van der Waals surface area (Å²) >= 11 is 0. The first-order valence-electron chi connectivity index (χ1n) is 7.12. The Hall–Kier alpha value is -0.0800. The highest BCUT2D eigenvalue weighted by Crippen LogP contribution is 2.13. The standard InChI is InChI=1S/C14H30N2/c1-5-9-16-10-6-7-14(8-11-16)15-13(4)12(2)3/h12-15H,5-11H2,1-4H3. The maximum absolute atomic E-state index is 3.79. The lowest BCUT2D eigenvalue weighted by Crippen LogP contribution is -2.40. The van der Waals surface area contributed by atoms with Gasteiger partial charge >= 0.3 is 0 Å². The van der Waals surface area contributed by atoms with Crippen molar-refractivity contribution in [2.45, 2.75) is 65.5 Å². The lowest BCUT2D eigenvalue weighted by Gasteiger charge is -2.25. The molecule has 0 saturated carbocycles. The molecule has 2 atom stereocenters. The van der Waals surface area contributed by atoms with E-state index in [-0.39, 0.29) is 0 Å². The molecule has 0 aliphatic carbocycles. The Morgan fingerprint density at radius 1 is 1.19 bits per heavy atom. The predicted molar refractivity (Wildman–Crippen MR) is 71.8 cm³/mol. The Bertz CT molecular complexity index is 180. The van der Waals surface area contributed by atoms with Gasteiger partial charge in [-0.1, -0.05) is 20.8 Å². The molecule has 1 saturated heterocycles. The molecule has 1 heterocycles. The predicted octanol–water partition coefficient (Wildman–Crippen LogP) is 2.89. The van der Waals surface area contributed by atoms with Gasteiger partial charge in [0.05, 0.1) is 0 Å². The van der Waals surface area contributed by atoms with Gasteiger partial charge in [0.25, 0.3) is 0 Å². The van der Waals surface area contributed by atoms with Crippen LogP contribution < -0.4 is 5.32 Å². The van der Waals surface area contributed by atoms with Gasteiger partial charge in [-0.15, -0.1) is 0 Å². The number of nitrogens with one attached hydrogen (secondary N) is 1. The molecule has 0 radical (unpaired) electrons. The van der Waals surface area contributed by atoms with Crippen molar-refractivity contribution < 1.29 is 0 Å². The SMILES string of the molecule is CCCN1CCCC(NC(C)C(C)C)CC1. The van der Waals surface area contributed by atoms with E-state index in [1.54, 1.807) is 0 Å². The van der Waals surface area contributed by atoms with E-state index in [2.05, 4.69) is 37.9 Å². The van der Waals surface area contributed by atoms with E-state index in [4.69, 9.17) is 0 Å². The third-order valence-corrected chi connectivity index (χ3v) is 3.86. The Morgan fingerprint density at radius 3 is 2.56 bits per heavy atom. The van der Waals surface area contributed by atoms with Crippen molar-refractivity contribution in [2.24, 2.45) is 5.92 Å². The fourth-order valence-corrected chi connectivity index (χ4v) is 2.43. The number of nitrogens with zero attached hydrogens (tertiary/aromatic N) is 1. The van der Waals surface area contributed by atoms with E-state index < -0.39 is 0 Å². The highest BCUT2D eigenvalue weighted by atomic mass is 15.1. The minimum Gasteiger partial charge on any atom is -0.311 e. The summed E-state index contributed by atoms with van der Waals surface area (Å²) in [4.78, 5) is 2.63. The van der Waals surface area contributed by atoms with Crippen molar-refractivity contribution in [1.82, 2.24) is 10.2 Å². The smallest absolute Gasteiger partial charge is 0.00822 e. The quantitative estimate of drug-likeness (QED) is 0.775. The van der Waals surface area contributed by atoms with Crippen molar-refractivity contribution in [3.05, 3.63) is 0 Å². The van der Waals surface area contributed by atoms with Crippen LogP contribution in [0, 0.1) is 5.92 Å². The minimum atomic E-state index is 0.655. The van der Waals surface area contributed by atoms with E-state index in [1.165, 1.54) is 45.3 Å². The van der Waals surface area contributed by atoms with Crippen LogP contribution in [0.3, 0.4) is 0 Å². The molecule has 2 unspecified atom stereocenters. The van der Waals surface area contributed by atoms with Crippen molar-refractivity contribution in [3.63, 3.8) is 0 Å². The second-order valence-corrected chi connectivity index (χ2v) is 5.67. The summed E-state index contributed by atoms with van der Waals surface area (Å²) in [6.45, 7) is 13.1. The van der Waals surface area contributed by atoms with Gasteiger partial charge in [-0.05, 0) is 58.2 Å². The molecule has 1 N–H and O–H groups in total. The van der Waals surface area contributed by atoms with Crippen LogP contribution in [-0.2, 0) is 0 Å². The van der Waals surface area contributed by atoms with Crippen LogP contribution in [0.4, 0.5) is 0 Å². The first-order valence-corrected chi connectivity index (χ1v) is 7.12. The maximum atomic E-state index is 3.79. The molecular formula is C14H30N2. The van der Waals surface area contributed by atoms with Gasteiger partial charge in [-0.3, -0.25) is 0 Å². The van der Waals surface area contributed by atoms with Crippen molar-refractivity contribution >= 4 is 0 Å². The molecule has 0 aromatic carbocycles. The average molecular weight is 226 g/mol. The van der Waals surface area contributed by atoms with Gasteiger partial charge in [-0.2, -0.15) is 0 Å². The van der Waals surface area contributed by atoms with Gasteiger partial charge in [-0.25, -0.2) is 0 Å². The van der Waals surface area contributed by atoms with E-state index in [0.717, 1.165) is 12.0 Å². The first-order chi connectivity index (χ1) is 7.63. The molecule has 2 nitrogen and oxygen atoms in total. The van der Waals surface area contributed by atoms with Crippen LogP contribution in [0.5, 0.6) is 0 Å². The molecule has 1 fully saturated rings. The summed E-state index contributed by atoms with van der Waals surface area (Å²) in [5, 5.41) is 3.79. The zero-order chi connectivity index (χ0) is 12.0. The summed E-state index contributed by atoms with van der Waals surface area (Å²) in [5.74, 6) is 0.745. The van der Waals surface area contributed by atoms with Crippen molar-refractivity contribution in [1.29, 1.82) is 0 Å². The second kappa shape index (κ2) is 7.29. The van der Waals surface area contributed by atoms with Gasteiger partial charge in [0.2, 0.25) is 0 Å². The highest BCUT2D eigenvalue weighted by molar-refractivity contribution is 4.78. The lowest BCUT2D eigenvalue weighted by atomic mass is 10.0. The number of likely N-dealkylation sites (tertiary alicyclic amines) is 1. The fourth-order valence-electron chi connectivity index (χ4n) is 2.43. The van der Waals surface area contributed by atoms with Crippen LogP contribution in [0.2, 0.25) is 0 Å². The Kier molecular flexibility index (Phi) is 6.37. The van der Waals surface area contributed by atoms with E-state index in [0.29, 0.717) is 6.04 Å². The van der Waals surface area contributed by atoms with Crippen LogP contribution >= 0.6 is 0 Å². The van der Waals surface area contributed by atoms with Crippen molar-refractivity contribution in [2.75, 3.05) is 19.6 Å². The largest absolute Gasteiger partial charge is 0.311 e. The summed E-state index contributed by atoms with van der Waals surface area (Å²) < 4.78 is 0. The van der Waals surface area contributed by atoms with Crippen molar-refractivity contribution in [3.8, 4) is 0 Å². The van der Waals surface area contributed by atoms with Crippen LogP contribution in [0.25, 0.3) is 0 Å². The molecule has 0 amide bonds. The van der Waals surface area contributed by atoms with Crippen LogP contribution in [-0.4, -0.2) is 36.6 Å². The lowest BCUT2D eigenvalue weighted by molar-refractivity contribution is 0.279. The van der Waals surface area contributed by atoms with Crippen LogP contribution in [0.1, 0.15) is 53.4 Å². The molecule has 0 aromatic heterocycles. The summed E-state index contributed by atoms with van der Waals surface area (Å²) in [5.41, 5.74) is 0. The van der Waals surface area contributed by atoms with Gasteiger partial charge < -0.3 is 10.2 Å². The Labute approximate surface area is 102 Å². The zero-order valence-electron chi connectivity index (χ0n) is 11.6. The molecule has 0 aromatic rings. The van der Waals surface area contributed by atoms with Gasteiger partial charge in [0.1, 0.15) is 0 Å². The Balaban J connectivity index is 2.29. The number of hydrogen-bond donors (Lipinski definition) is 1. The van der Waals surface area contributed by atoms with Gasteiger partial charge in [0, 0.05) is 12.1 Å². The average Bonchev–Trinajstić information content (AvgIpc) is 2.44. The molecule has 16 heavy (non-hydrogen) atoms. The number of rotatable bonds is 5. The molecule has 0 spiro atoms. The Morgan fingerprint density at radius 2 is 1.94 bits per heavy atom. The topological polar surface area (TPSA) is 15.3 Å². The monoisotopic (exact) mass is 226 g/mol. The number of hydrogen-bond acceptors (Lipinski definition) is 2. The zero-order valence-corrected chi connectivity index (χ0v) is 11.6. The molecule has 96 valence electrons. The van der Waals surface area contributed by atoms with E-state index >= 15 is 0 Å². The van der Waals surface area contributed by atoms with Crippen LogP contribution in [0.15, 0.2) is 0 Å². The molecule has 2 heteroatoms. The molecule has 0 bridgehead atoms. The minimum absolute atomic E-state index is 0.655. The maximum Gasteiger partial charge on any atom is 0.00822 e. The molecule has 1 aliphatic heterocycles. The van der Waals surface area contributed by atoms with E-state index in [9.17, 15) is 0 Å². The molecule has 1 rings (SSSR count). The summed E-state index contributed by atoms with van der Waals surface area (Å²) in [7, 11) is 0. The first kappa shape index (κ1) is 14.0. The second-order valence-electron chi connectivity index (χ2n) is 5.67. The summed E-state index contributed by atoms with van der Waals surface area (Å²) in [6, 6.07) is 1.40.